The van der Waals surface area contributed by atoms with Gasteiger partial charge < -0.3 is 20.1 Å². The molecular weight excluding hydrogens is 653 g/mol. The quantitative estimate of drug-likeness (QED) is 0.0249. The third-order valence-electron chi connectivity index (χ3n) is 8.29. The summed E-state index contributed by atoms with van der Waals surface area (Å²) in [7, 11) is -4.42. The molecule has 0 saturated carbocycles. The summed E-state index contributed by atoms with van der Waals surface area (Å²) in [6.45, 7) is 3.47. The summed E-state index contributed by atoms with van der Waals surface area (Å²) in [5.74, 6) is -0.540. The Kier molecular flexibility index (Phi) is 35.7. The maximum atomic E-state index is 12.1. The molecule has 0 aliphatic heterocycles. The van der Waals surface area contributed by atoms with Crippen LogP contribution in [0.15, 0.2) is 36.5 Å². The molecule has 50 heavy (non-hydrogen) atoms. The van der Waals surface area contributed by atoms with Crippen molar-refractivity contribution in [1.29, 1.82) is 0 Å². The highest BCUT2D eigenvalue weighted by molar-refractivity contribution is 7.47. The van der Waals surface area contributed by atoms with Crippen LogP contribution in [0.25, 0.3) is 0 Å². The van der Waals surface area contributed by atoms with Crippen LogP contribution in [-0.4, -0.2) is 54.3 Å². The number of ether oxygens (including phenoxy) is 1. The molecule has 2 unspecified atom stereocenters. The molecule has 9 nitrogen and oxygen atoms in total. The Morgan fingerprint density at radius 2 is 1.10 bits per heavy atom. The van der Waals surface area contributed by atoms with Crippen molar-refractivity contribution in [2.45, 2.75) is 180 Å². The molecule has 0 aromatic rings. The van der Waals surface area contributed by atoms with Gasteiger partial charge in [-0.15, -0.1) is 0 Å². The van der Waals surface area contributed by atoms with Crippen LogP contribution >= 0.6 is 7.82 Å². The maximum absolute atomic E-state index is 12.1. The first-order chi connectivity index (χ1) is 24.3. The molecule has 0 aromatic heterocycles. The van der Waals surface area contributed by atoms with Crippen molar-refractivity contribution in [1.82, 2.24) is 5.32 Å². The molecule has 1 amide bonds. The Bertz CT molecular complexity index is 923. The Morgan fingerprint density at radius 3 is 1.68 bits per heavy atom. The fourth-order valence-electron chi connectivity index (χ4n) is 5.21. The van der Waals surface area contributed by atoms with Crippen LogP contribution in [0.2, 0.25) is 0 Å². The zero-order chi connectivity index (χ0) is 36.8. The van der Waals surface area contributed by atoms with Crippen molar-refractivity contribution in [3.05, 3.63) is 36.5 Å². The normalized spacial score (nSPS) is 13.8. The molecule has 0 radical (unpaired) electrons. The number of nitrogens with one attached hydrogen (secondary N) is 1. The molecule has 0 spiro atoms. The molecule has 292 valence electrons. The van der Waals surface area contributed by atoms with E-state index in [4.69, 9.17) is 13.8 Å². The lowest BCUT2D eigenvalue weighted by atomic mass is 10.1. The lowest BCUT2D eigenvalue weighted by Crippen LogP contribution is -2.27. The van der Waals surface area contributed by atoms with Gasteiger partial charge in [-0.05, 0) is 64.2 Å². The molecule has 0 heterocycles. The number of aliphatic hydroxyl groups excluding tert-OH is 1. The number of unbranched alkanes of at least 4 members (excludes halogenated alkanes) is 18. The number of hydrogen-bond acceptors (Lipinski definition) is 7. The van der Waals surface area contributed by atoms with Crippen LogP contribution in [0, 0.1) is 0 Å². The number of amides is 1. The SMILES string of the molecule is CCCC/C=C\C/C=C\CCCCCCCC(=O)OCC(O)COP(=O)(O)OCCNC(=O)CCCCCCC/C=C\CCCCCCCC. The third kappa shape index (κ3) is 37.5. The second-order valence-corrected chi connectivity index (χ2v) is 14.7. The third-order valence-corrected chi connectivity index (χ3v) is 9.28. The molecule has 10 heteroatoms. The van der Waals surface area contributed by atoms with E-state index in [-0.39, 0.29) is 32.1 Å². The second-order valence-electron chi connectivity index (χ2n) is 13.2. The summed E-state index contributed by atoms with van der Waals surface area (Å²) < 4.78 is 26.8. The van der Waals surface area contributed by atoms with Gasteiger partial charge in [0.05, 0.1) is 13.2 Å². The topological polar surface area (TPSA) is 131 Å². The largest absolute Gasteiger partial charge is 0.472 e. The smallest absolute Gasteiger partial charge is 0.463 e. The van der Waals surface area contributed by atoms with E-state index in [1.54, 1.807) is 0 Å². The standard InChI is InChI=1S/C40H74NO8P/c1-3-5-7-9-11-13-15-17-19-20-22-24-26-28-30-32-39(43)41-34-35-48-50(45,46)49-37-38(42)36-47-40(44)33-31-29-27-25-23-21-18-16-14-12-10-8-6-4-2/h10,12,16-19,38,42H,3-9,11,13-15,20-37H2,1-2H3,(H,41,43)(H,45,46)/b12-10-,18-16-,19-17-. The van der Waals surface area contributed by atoms with Crippen LogP contribution < -0.4 is 5.32 Å². The van der Waals surface area contributed by atoms with Gasteiger partial charge in [0.15, 0.2) is 0 Å². The molecule has 0 rings (SSSR count). The van der Waals surface area contributed by atoms with E-state index in [0.717, 1.165) is 83.5 Å². The van der Waals surface area contributed by atoms with Crippen LogP contribution in [0.4, 0.5) is 0 Å². The number of carbonyl (C=O) groups is 2. The molecule has 0 aliphatic rings. The Labute approximate surface area is 305 Å². The number of phosphoric ester groups is 1. The van der Waals surface area contributed by atoms with Crippen LogP contribution in [0.1, 0.15) is 174 Å². The molecule has 0 aromatic carbocycles. The van der Waals surface area contributed by atoms with Crippen LogP contribution in [-0.2, 0) is 27.9 Å². The summed E-state index contributed by atoms with van der Waals surface area (Å²) >= 11 is 0. The van der Waals surface area contributed by atoms with E-state index < -0.39 is 26.5 Å². The van der Waals surface area contributed by atoms with Gasteiger partial charge in [-0.2, -0.15) is 0 Å². The number of hydrogen-bond donors (Lipinski definition) is 3. The molecule has 0 bridgehead atoms. The van der Waals surface area contributed by atoms with Gasteiger partial charge in [-0.25, -0.2) is 4.57 Å². The van der Waals surface area contributed by atoms with Gasteiger partial charge in [0, 0.05) is 19.4 Å². The van der Waals surface area contributed by atoms with Crippen molar-refractivity contribution < 1.29 is 37.9 Å². The number of esters is 1. The maximum Gasteiger partial charge on any atom is 0.472 e. The van der Waals surface area contributed by atoms with Gasteiger partial charge in [0.2, 0.25) is 5.91 Å². The number of rotatable bonds is 37. The van der Waals surface area contributed by atoms with Crippen molar-refractivity contribution in [3.63, 3.8) is 0 Å². The van der Waals surface area contributed by atoms with Gasteiger partial charge >= 0.3 is 13.8 Å². The zero-order valence-corrected chi connectivity index (χ0v) is 32.7. The van der Waals surface area contributed by atoms with E-state index in [1.165, 1.54) is 64.2 Å². The average molecular weight is 728 g/mol. The van der Waals surface area contributed by atoms with Crippen LogP contribution in [0.3, 0.4) is 0 Å². The number of carbonyl (C=O) groups excluding carboxylic acids is 2. The fraction of sp³-hybridized carbons (Fsp3) is 0.800. The number of allylic oxidation sites excluding steroid dienone is 6. The van der Waals surface area contributed by atoms with Gasteiger partial charge in [-0.1, -0.05) is 134 Å². The summed E-state index contributed by atoms with van der Waals surface area (Å²) in [6.07, 6.45) is 39.2. The summed E-state index contributed by atoms with van der Waals surface area (Å²) in [5, 5.41) is 12.6. The lowest BCUT2D eigenvalue weighted by Gasteiger charge is -2.15. The zero-order valence-electron chi connectivity index (χ0n) is 31.8. The first-order valence-corrected chi connectivity index (χ1v) is 21.5. The lowest BCUT2D eigenvalue weighted by molar-refractivity contribution is -0.147. The highest BCUT2D eigenvalue weighted by Crippen LogP contribution is 2.42. The monoisotopic (exact) mass is 728 g/mol. The van der Waals surface area contributed by atoms with E-state index in [0.29, 0.717) is 6.42 Å². The van der Waals surface area contributed by atoms with Crippen molar-refractivity contribution in [2.24, 2.45) is 0 Å². The van der Waals surface area contributed by atoms with Gasteiger partial charge in [-0.3, -0.25) is 18.6 Å². The Hall–Kier alpha value is -1.77. The first kappa shape index (κ1) is 48.2. The predicted molar refractivity (Wildman–Crippen MR) is 206 cm³/mol. The highest BCUT2D eigenvalue weighted by atomic mass is 31.2. The molecule has 0 fully saturated rings. The highest BCUT2D eigenvalue weighted by Gasteiger charge is 2.23. The van der Waals surface area contributed by atoms with Crippen molar-refractivity contribution in [3.8, 4) is 0 Å². The molecule has 0 aliphatic carbocycles. The molecule has 2 atom stereocenters. The predicted octanol–water partition coefficient (Wildman–Crippen LogP) is 10.6. The minimum absolute atomic E-state index is 0.0755. The number of aliphatic hydroxyl groups is 1. The summed E-state index contributed by atoms with van der Waals surface area (Å²) in [6, 6.07) is 0. The van der Waals surface area contributed by atoms with Gasteiger partial charge in [0.1, 0.15) is 12.7 Å². The Balaban J connectivity index is 3.65. The minimum atomic E-state index is -4.42. The van der Waals surface area contributed by atoms with Crippen LogP contribution in [0.5, 0.6) is 0 Å². The van der Waals surface area contributed by atoms with E-state index in [2.05, 4.69) is 55.6 Å². The molecule has 0 saturated heterocycles. The first-order valence-electron chi connectivity index (χ1n) is 20.0. The molecular formula is C40H74NO8P. The fourth-order valence-corrected chi connectivity index (χ4v) is 5.97. The Morgan fingerprint density at radius 1 is 0.620 bits per heavy atom. The van der Waals surface area contributed by atoms with E-state index >= 15 is 0 Å². The second kappa shape index (κ2) is 37.0. The average Bonchev–Trinajstić information content (AvgIpc) is 3.10. The van der Waals surface area contributed by atoms with Crippen molar-refractivity contribution in [2.75, 3.05) is 26.4 Å². The minimum Gasteiger partial charge on any atom is -0.463 e. The van der Waals surface area contributed by atoms with Crippen molar-refractivity contribution >= 4 is 19.7 Å². The molecule has 3 N–H and O–H groups in total. The summed E-state index contributed by atoms with van der Waals surface area (Å²) in [4.78, 5) is 33.8. The van der Waals surface area contributed by atoms with E-state index in [1.807, 2.05) is 0 Å². The van der Waals surface area contributed by atoms with Gasteiger partial charge in [0.25, 0.3) is 0 Å². The van der Waals surface area contributed by atoms with E-state index in [9.17, 15) is 24.2 Å². The number of phosphoric acid groups is 1. The summed E-state index contributed by atoms with van der Waals surface area (Å²) in [5.41, 5.74) is 0.